The number of aryl methyl sites for hydroxylation is 2. The molecule has 0 saturated carbocycles. The monoisotopic (exact) mass is 309 g/mol. The zero-order valence-corrected chi connectivity index (χ0v) is 13.0. The van der Waals surface area contributed by atoms with E-state index in [9.17, 15) is 4.79 Å². The number of rotatable bonds is 3. The van der Waals surface area contributed by atoms with E-state index in [1.165, 1.54) is 22.7 Å². The van der Waals surface area contributed by atoms with E-state index in [1.54, 1.807) is 6.20 Å². The van der Waals surface area contributed by atoms with Crippen LogP contribution in [0.25, 0.3) is 0 Å². The van der Waals surface area contributed by atoms with Crippen LogP contribution in [0.4, 0.5) is 0 Å². The Morgan fingerprint density at radius 1 is 1.50 bits per heavy atom. The van der Waals surface area contributed by atoms with Crippen LogP contribution in [0.5, 0.6) is 5.19 Å². The molecule has 0 radical (unpaired) electrons. The molecule has 3 heterocycles. The lowest BCUT2D eigenvalue weighted by molar-refractivity contribution is 0.0776. The van der Waals surface area contributed by atoms with Gasteiger partial charge in [-0.25, -0.2) is 9.97 Å². The molecule has 106 valence electrons. The lowest BCUT2D eigenvalue weighted by Crippen LogP contribution is -2.30. The molecule has 0 N–H and O–H groups in total. The molecule has 1 amide bonds. The van der Waals surface area contributed by atoms with E-state index in [2.05, 4.69) is 9.97 Å². The first-order valence-corrected chi connectivity index (χ1v) is 8.12. The number of hydrogen-bond acceptors (Lipinski definition) is 6. The van der Waals surface area contributed by atoms with Crippen LogP contribution in [-0.4, -0.2) is 40.0 Å². The third kappa shape index (κ3) is 2.69. The maximum atomic E-state index is 12.5. The molecule has 0 aromatic carbocycles. The van der Waals surface area contributed by atoms with Crippen molar-refractivity contribution in [1.29, 1.82) is 0 Å². The molecule has 1 saturated heterocycles. The largest absolute Gasteiger partial charge is 0.465 e. The average molecular weight is 309 g/mol. The Morgan fingerprint density at radius 2 is 2.35 bits per heavy atom. The Balaban J connectivity index is 1.65. The summed E-state index contributed by atoms with van der Waals surface area (Å²) in [6.45, 7) is 5.16. The highest BCUT2D eigenvalue weighted by molar-refractivity contribution is 7.13. The van der Waals surface area contributed by atoms with Crippen molar-refractivity contribution in [1.82, 2.24) is 14.9 Å². The van der Waals surface area contributed by atoms with Crippen LogP contribution in [0.15, 0.2) is 11.6 Å². The molecule has 1 fully saturated rings. The second-order valence-electron chi connectivity index (χ2n) is 4.73. The minimum absolute atomic E-state index is 0.0411. The van der Waals surface area contributed by atoms with Crippen molar-refractivity contribution in [2.75, 3.05) is 13.1 Å². The summed E-state index contributed by atoms with van der Waals surface area (Å²) in [5, 5.41) is 3.49. The molecule has 2 aromatic heterocycles. The van der Waals surface area contributed by atoms with E-state index >= 15 is 0 Å². The first kappa shape index (κ1) is 13.5. The zero-order chi connectivity index (χ0) is 14.1. The summed E-state index contributed by atoms with van der Waals surface area (Å²) in [5.41, 5.74) is 0.821. The van der Waals surface area contributed by atoms with Crippen LogP contribution in [-0.2, 0) is 0 Å². The van der Waals surface area contributed by atoms with Crippen molar-refractivity contribution in [2.24, 2.45) is 0 Å². The first-order valence-electron chi connectivity index (χ1n) is 6.43. The third-order valence-electron chi connectivity index (χ3n) is 3.21. The summed E-state index contributed by atoms with van der Waals surface area (Å²) < 4.78 is 5.77. The van der Waals surface area contributed by atoms with Crippen molar-refractivity contribution in [2.45, 2.75) is 26.4 Å². The van der Waals surface area contributed by atoms with Gasteiger partial charge in [0.1, 0.15) is 11.0 Å². The molecule has 1 unspecified atom stereocenters. The summed E-state index contributed by atoms with van der Waals surface area (Å²) in [6, 6.07) is 0. The van der Waals surface area contributed by atoms with Gasteiger partial charge in [-0.05, 0) is 13.8 Å². The third-order valence-corrected chi connectivity index (χ3v) is 4.93. The van der Waals surface area contributed by atoms with E-state index in [1.807, 2.05) is 24.1 Å². The number of likely N-dealkylation sites (tertiary alicyclic amines) is 1. The van der Waals surface area contributed by atoms with Crippen molar-refractivity contribution in [3.63, 3.8) is 0 Å². The predicted octanol–water partition coefficient (Wildman–Crippen LogP) is 2.51. The van der Waals surface area contributed by atoms with Crippen LogP contribution in [0.3, 0.4) is 0 Å². The van der Waals surface area contributed by atoms with E-state index in [0.29, 0.717) is 11.7 Å². The van der Waals surface area contributed by atoms with E-state index in [0.717, 1.165) is 28.5 Å². The molecule has 20 heavy (non-hydrogen) atoms. The van der Waals surface area contributed by atoms with Crippen LogP contribution < -0.4 is 4.74 Å². The summed E-state index contributed by atoms with van der Waals surface area (Å²) in [5.74, 6) is 0.0679. The van der Waals surface area contributed by atoms with Gasteiger partial charge in [-0.15, -0.1) is 11.3 Å². The molecule has 0 spiro atoms. The van der Waals surface area contributed by atoms with Gasteiger partial charge in [-0.2, -0.15) is 0 Å². The molecule has 1 aliphatic heterocycles. The van der Waals surface area contributed by atoms with Gasteiger partial charge in [0.25, 0.3) is 11.1 Å². The van der Waals surface area contributed by atoms with Gasteiger partial charge in [0, 0.05) is 24.5 Å². The molecule has 2 aromatic rings. The summed E-state index contributed by atoms with van der Waals surface area (Å²) in [6.07, 6.45) is 2.61. The van der Waals surface area contributed by atoms with Gasteiger partial charge in [0.05, 0.1) is 17.2 Å². The number of amides is 1. The Morgan fingerprint density at radius 3 is 3.00 bits per heavy atom. The van der Waals surface area contributed by atoms with Crippen molar-refractivity contribution in [3.8, 4) is 5.19 Å². The van der Waals surface area contributed by atoms with Gasteiger partial charge in [-0.3, -0.25) is 4.79 Å². The number of carbonyl (C=O) groups is 1. The Kier molecular flexibility index (Phi) is 3.71. The van der Waals surface area contributed by atoms with Gasteiger partial charge in [0.2, 0.25) is 0 Å². The number of thiazole rings is 2. The van der Waals surface area contributed by atoms with Crippen LogP contribution in [0, 0.1) is 13.8 Å². The van der Waals surface area contributed by atoms with E-state index in [4.69, 9.17) is 4.74 Å². The number of carbonyl (C=O) groups excluding carboxylic acids is 1. The molecule has 3 rings (SSSR count). The molecule has 7 heteroatoms. The molecular formula is C13H15N3O2S2. The number of aromatic nitrogens is 2. The second kappa shape index (κ2) is 5.49. The zero-order valence-electron chi connectivity index (χ0n) is 11.3. The van der Waals surface area contributed by atoms with Crippen molar-refractivity contribution >= 4 is 28.6 Å². The van der Waals surface area contributed by atoms with Gasteiger partial charge in [-0.1, -0.05) is 11.3 Å². The highest BCUT2D eigenvalue weighted by Crippen LogP contribution is 2.24. The van der Waals surface area contributed by atoms with Crippen LogP contribution in [0.1, 0.15) is 26.8 Å². The molecule has 0 aliphatic carbocycles. The molecular weight excluding hydrogens is 294 g/mol. The van der Waals surface area contributed by atoms with Gasteiger partial charge in [0.15, 0.2) is 0 Å². The Labute approximate surface area is 125 Å². The second-order valence-corrected chi connectivity index (χ2v) is 6.79. The minimum Gasteiger partial charge on any atom is -0.465 e. The predicted molar refractivity (Wildman–Crippen MR) is 78.6 cm³/mol. The number of hydrogen-bond donors (Lipinski definition) is 0. The average Bonchev–Trinajstić information content (AvgIpc) is 3.11. The lowest BCUT2D eigenvalue weighted by atomic mass is 10.3. The topological polar surface area (TPSA) is 55.3 Å². The van der Waals surface area contributed by atoms with Crippen LogP contribution >= 0.6 is 22.7 Å². The normalized spacial score (nSPS) is 18.5. The summed E-state index contributed by atoms with van der Waals surface area (Å²) >= 11 is 2.94. The first-order chi connectivity index (χ1) is 9.63. The van der Waals surface area contributed by atoms with E-state index < -0.39 is 0 Å². The number of nitrogens with zero attached hydrogens (tertiary/aromatic N) is 3. The molecule has 5 nitrogen and oxygen atoms in total. The van der Waals surface area contributed by atoms with E-state index in [-0.39, 0.29) is 12.0 Å². The maximum Gasteiger partial charge on any atom is 0.273 e. The summed E-state index contributed by atoms with van der Waals surface area (Å²) in [4.78, 5) is 23.5. The van der Waals surface area contributed by atoms with Crippen molar-refractivity contribution in [3.05, 3.63) is 27.2 Å². The number of ether oxygens (including phenoxy) is 1. The van der Waals surface area contributed by atoms with Crippen molar-refractivity contribution < 1.29 is 9.53 Å². The Bertz CT molecular complexity index is 609. The quantitative estimate of drug-likeness (QED) is 0.874. The fourth-order valence-electron chi connectivity index (χ4n) is 2.29. The minimum atomic E-state index is 0.0411. The lowest BCUT2D eigenvalue weighted by Gasteiger charge is -2.15. The summed E-state index contributed by atoms with van der Waals surface area (Å²) in [7, 11) is 0. The standard InChI is InChI=1S/C13H15N3O2S2/c1-8-11(20-9(2)15-8)12(17)16-5-3-10(7-16)18-13-14-4-6-19-13/h4,6,10H,3,5,7H2,1-2H3. The smallest absolute Gasteiger partial charge is 0.273 e. The van der Waals surface area contributed by atoms with Gasteiger partial charge < -0.3 is 9.64 Å². The SMILES string of the molecule is Cc1nc(C)c(C(=O)N2CCC(Oc3nccs3)C2)s1. The molecule has 1 atom stereocenters. The fourth-order valence-corrected chi connectivity index (χ4v) is 3.73. The maximum absolute atomic E-state index is 12.5. The fraction of sp³-hybridized carbons (Fsp3) is 0.462. The highest BCUT2D eigenvalue weighted by Gasteiger charge is 2.30. The Hall–Kier alpha value is -1.47. The molecule has 1 aliphatic rings. The highest BCUT2D eigenvalue weighted by atomic mass is 32.1. The van der Waals surface area contributed by atoms with Gasteiger partial charge >= 0.3 is 0 Å². The van der Waals surface area contributed by atoms with Crippen LogP contribution in [0.2, 0.25) is 0 Å². The molecule has 0 bridgehead atoms.